The van der Waals surface area contributed by atoms with Gasteiger partial charge < -0.3 is 20.0 Å². The van der Waals surface area contributed by atoms with Gasteiger partial charge in [0, 0.05) is 69.4 Å². The molecule has 0 aromatic carbocycles. The van der Waals surface area contributed by atoms with Crippen molar-refractivity contribution in [1.29, 1.82) is 0 Å². The minimum Gasteiger partial charge on any atom is -0.357 e. The number of guanidine groups is 1. The van der Waals surface area contributed by atoms with E-state index in [9.17, 15) is 4.79 Å². The first-order chi connectivity index (χ1) is 14.6. The first kappa shape index (κ1) is 26.0. The van der Waals surface area contributed by atoms with Crippen LogP contribution in [0.2, 0.25) is 0 Å². The van der Waals surface area contributed by atoms with E-state index >= 15 is 0 Å². The molecule has 1 aromatic rings. The highest BCUT2D eigenvalue weighted by atomic mass is 127. The van der Waals surface area contributed by atoms with Crippen LogP contribution in [-0.2, 0) is 4.79 Å². The van der Waals surface area contributed by atoms with Crippen molar-refractivity contribution in [3.8, 4) is 0 Å². The lowest BCUT2D eigenvalue weighted by Crippen LogP contribution is -2.49. The first-order valence-electron chi connectivity index (χ1n) is 11.2. The molecule has 9 heteroatoms. The summed E-state index contributed by atoms with van der Waals surface area (Å²) in [6.07, 6.45) is 2.28. The van der Waals surface area contributed by atoms with Gasteiger partial charge in [0.2, 0.25) is 5.91 Å². The zero-order valence-electron chi connectivity index (χ0n) is 19.0. The van der Waals surface area contributed by atoms with E-state index in [1.54, 1.807) is 0 Å². The molecule has 3 heterocycles. The van der Waals surface area contributed by atoms with Crippen molar-refractivity contribution in [2.24, 2.45) is 10.9 Å². The number of halogens is 1. The number of amides is 1. The molecular formula is C22H37IN6OS. The fourth-order valence-electron chi connectivity index (χ4n) is 3.84. The van der Waals surface area contributed by atoms with Crippen molar-refractivity contribution in [1.82, 2.24) is 20.1 Å². The van der Waals surface area contributed by atoms with E-state index in [2.05, 4.69) is 52.6 Å². The van der Waals surface area contributed by atoms with Gasteiger partial charge >= 0.3 is 0 Å². The summed E-state index contributed by atoms with van der Waals surface area (Å²) in [5, 5.41) is 4.06. The third-order valence-corrected chi connectivity index (χ3v) is 7.20. The number of hydrogen-bond donors (Lipinski definition) is 1. The number of aromatic nitrogens is 1. The van der Waals surface area contributed by atoms with Crippen molar-refractivity contribution in [3.63, 3.8) is 0 Å². The smallest absolute Gasteiger partial charge is 0.224 e. The molecule has 174 valence electrons. The summed E-state index contributed by atoms with van der Waals surface area (Å²) in [5.74, 6) is 3.93. The Hall–Kier alpha value is -1.23. The van der Waals surface area contributed by atoms with Crippen molar-refractivity contribution < 1.29 is 4.79 Å². The Bertz CT molecular complexity index is 697. The topological polar surface area (TPSA) is 64.1 Å². The molecule has 0 radical (unpaired) electrons. The molecule has 1 amide bonds. The van der Waals surface area contributed by atoms with Gasteiger partial charge in [-0.3, -0.25) is 9.79 Å². The molecule has 0 spiro atoms. The Morgan fingerprint density at radius 2 is 2.00 bits per heavy atom. The highest BCUT2D eigenvalue weighted by molar-refractivity contribution is 14.0. The second-order valence-corrected chi connectivity index (χ2v) is 9.49. The standard InChI is InChI=1S/C22H36N6OS.HI/c1-4-23-22(28-15-16-30-19(17-28)18(2)3)25-10-8-21(29)27-13-11-26(12-14-27)20-7-5-6-9-24-20;/h5-7,9,18-19H,4,8,10-17H2,1-3H3,(H,23,25);1H. The third kappa shape index (κ3) is 7.69. The zero-order valence-corrected chi connectivity index (χ0v) is 22.1. The minimum atomic E-state index is 0. The number of hydrogen-bond acceptors (Lipinski definition) is 5. The van der Waals surface area contributed by atoms with E-state index in [4.69, 9.17) is 4.99 Å². The lowest BCUT2D eigenvalue weighted by atomic mass is 10.1. The number of thioether (sulfide) groups is 1. The van der Waals surface area contributed by atoms with Crippen LogP contribution in [0.4, 0.5) is 5.82 Å². The molecule has 2 aliphatic heterocycles. The molecule has 0 aliphatic carbocycles. The molecule has 1 aromatic heterocycles. The number of carbonyl (C=O) groups excluding carboxylic acids is 1. The third-order valence-electron chi connectivity index (χ3n) is 5.66. The van der Waals surface area contributed by atoms with Gasteiger partial charge in [0.15, 0.2) is 5.96 Å². The van der Waals surface area contributed by atoms with Crippen LogP contribution in [0.15, 0.2) is 29.4 Å². The van der Waals surface area contributed by atoms with Gasteiger partial charge in [0.05, 0.1) is 6.54 Å². The highest BCUT2D eigenvalue weighted by Gasteiger charge is 2.25. The number of aliphatic imine (C=N–C) groups is 1. The summed E-state index contributed by atoms with van der Waals surface area (Å²) in [5.41, 5.74) is 0. The molecule has 1 N–H and O–H groups in total. The molecule has 7 nitrogen and oxygen atoms in total. The van der Waals surface area contributed by atoms with E-state index in [-0.39, 0.29) is 29.9 Å². The molecule has 2 fully saturated rings. The summed E-state index contributed by atoms with van der Waals surface area (Å²) in [6.45, 7) is 13.3. The average Bonchev–Trinajstić information content (AvgIpc) is 2.79. The highest BCUT2D eigenvalue weighted by Crippen LogP contribution is 2.24. The monoisotopic (exact) mass is 560 g/mol. The molecule has 1 atom stereocenters. The van der Waals surface area contributed by atoms with Gasteiger partial charge in [0.1, 0.15) is 5.82 Å². The number of carbonyl (C=O) groups is 1. The molecule has 2 saturated heterocycles. The maximum absolute atomic E-state index is 12.7. The van der Waals surface area contributed by atoms with E-state index in [1.165, 1.54) is 0 Å². The predicted molar refractivity (Wildman–Crippen MR) is 142 cm³/mol. The maximum atomic E-state index is 12.7. The first-order valence-corrected chi connectivity index (χ1v) is 12.2. The molecule has 0 bridgehead atoms. The SMILES string of the molecule is CCNC(=NCCC(=O)N1CCN(c2ccccn2)CC1)N1CCSC(C(C)C)C1.I. The van der Waals surface area contributed by atoms with Crippen LogP contribution in [0.1, 0.15) is 27.2 Å². The maximum Gasteiger partial charge on any atom is 0.224 e. The van der Waals surface area contributed by atoms with Crippen molar-refractivity contribution in [2.45, 2.75) is 32.4 Å². The van der Waals surface area contributed by atoms with Crippen LogP contribution in [0, 0.1) is 5.92 Å². The fraction of sp³-hybridized carbons (Fsp3) is 0.682. The number of nitrogens with zero attached hydrogens (tertiary/aromatic N) is 5. The van der Waals surface area contributed by atoms with Gasteiger partial charge in [-0.05, 0) is 25.0 Å². The van der Waals surface area contributed by atoms with Gasteiger partial charge in [-0.15, -0.1) is 24.0 Å². The Morgan fingerprint density at radius 1 is 1.23 bits per heavy atom. The van der Waals surface area contributed by atoms with Crippen LogP contribution in [0.3, 0.4) is 0 Å². The van der Waals surface area contributed by atoms with Crippen LogP contribution >= 0.6 is 35.7 Å². The van der Waals surface area contributed by atoms with Gasteiger partial charge in [-0.25, -0.2) is 4.98 Å². The van der Waals surface area contributed by atoms with Crippen molar-refractivity contribution in [2.75, 3.05) is 63.0 Å². The Balaban J connectivity index is 0.00000341. The van der Waals surface area contributed by atoms with Gasteiger partial charge in [-0.2, -0.15) is 11.8 Å². The average molecular weight is 561 g/mol. The zero-order chi connectivity index (χ0) is 21.3. The lowest BCUT2D eigenvalue weighted by Gasteiger charge is -2.36. The van der Waals surface area contributed by atoms with E-state index in [0.29, 0.717) is 24.1 Å². The minimum absolute atomic E-state index is 0. The Kier molecular flexibility index (Phi) is 11.2. The van der Waals surface area contributed by atoms with Crippen molar-refractivity contribution in [3.05, 3.63) is 24.4 Å². The number of anilines is 1. The van der Waals surface area contributed by atoms with Gasteiger partial charge in [0.25, 0.3) is 0 Å². The Morgan fingerprint density at radius 3 is 2.65 bits per heavy atom. The summed E-state index contributed by atoms with van der Waals surface area (Å²) < 4.78 is 0. The van der Waals surface area contributed by atoms with Crippen LogP contribution in [0.25, 0.3) is 0 Å². The molecule has 3 rings (SSSR count). The number of rotatable bonds is 6. The largest absolute Gasteiger partial charge is 0.357 e. The number of nitrogens with one attached hydrogen (secondary N) is 1. The Labute approximate surface area is 208 Å². The molecule has 31 heavy (non-hydrogen) atoms. The van der Waals surface area contributed by atoms with E-state index in [0.717, 1.165) is 63.3 Å². The summed E-state index contributed by atoms with van der Waals surface area (Å²) in [6, 6.07) is 5.96. The molecule has 1 unspecified atom stereocenters. The number of piperazine rings is 1. The van der Waals surface area contributed by atoms with E-state index < -0.39 is 0 Å². The summed E-state index contributed by atoms with van der Waals surface area (Å²) >= 11 is 2.06. The second kappa shape index (κ2) is 13.3. The lowest BCUT2D eigenvalue weighted by molar-refractivity contribution is -0.131. The quantitative estimate of drug-likeness (QED) is 0.328. The van der Waals surface area contributed by atoms with E-state index in [1.807, 2.05) is 29.3 Å². The summed E-state index contributed by atoms with van der Waals surface area (Å²) in [4.78, 5) is 28.4. The molecular weight excluding hydrogens is 523 g/mol. The van der Waals surface area contributed by atoms with Gasteiger partial charge in [-0.1, -0.05) is 19.9 Å². The number of pyridine rings is 1. The molecule has 2 aliphatic rings. The fourth-order valence-corrected chi connectivity index (χ4v) is 5.14. The second-order valence-electron chi connectivity index (χ2n) is 8.14. The summed E-state index contributed by atoms with van der Waals surface area (Å²) in [7, 11) is 0. The van der Waals surface area contributed by atoms with Crippen LogP contribution in [0.5, 0.6) is 0 Å². The normalized spacial score (nSPS) is 19.9. The van der Waals surface area contributed by atoms with Crippen LogP contribution in [-0.4, -0.2) is 90.0 Å². The van der Waals surface area contributed by atoms with Crippen molar-refractivity contribution >= 4 is 53.4 Å². The molecule has 0 saturated carbocycles. The predicted octanol–water partition coefficient (Wildman–Crippen LogP) is 2.78. The van der Waals surface area contributed by atoms with Crippen LogP contribution < -0.4 is 10.2 Å².